The minimum absolute atomic E-state index is 0.0229. The lowest BCUT2D eigenvalue weighted by molar-refractivity contribution is -0.115. The number of nitrogens with zero attached hydrogens (tertiary/aromatic N) is 1. The van der Waals surface area contributed by atoms with Gasteiger partial charge in [-0.3, -0.25) is 4.79 Å². The number of methoxy groups -OCH3 is 1. The zero-order valence-corrected chi connectivity index (χ0v) is 16.2. The maximum atomic E-state index is 13.3. The normalized spacial score (nSPS) is 27.1. The van der Waals surface area contributed by atoms with Gasteiger partial charge < -0.3 is 19.8 Å². The molecule has 0 radical (unpaired) electrons. The number of piperidine rings is 1. The Morgan fingerprint density at radius 1 is 1.14 bits per heavy atom. The Kier molecular flexibility index (Phi) is 5.02. The van der Waals surface area contributed by atoms with Crippen LogP contribution >= 0.6 is 0 Å². The van der Waals surface area contributed by atoms with E-state index >= 15 is 0 Å². The molecule has 1 amide bonds. The van der Waals surface area contributed by atoms with Gasteiger partial charge in [-0.2, -0.15) is 0 Å². The molecule has 5 heteroatoms. The highest BCUT2D eigenvalue weighted by Crippen LogP contribution is 2.50. The zero-order valence-electron chi connectivity index (χ0n) is 16.2. The lowest BCUT2D eigenvalue weighted by atomic mass is 9.66. The fraction of sp³-hybridized carbons (Fsp3) is 0.435. The van der Waals surface area contributed by atoms with Crippen LogP contribution in [0, 0.1) is 5.92 Å². The number of phenolic OH excluding ortho intramolecular Hbond substituents is 1. The third kappa shape index (κ3) is 3.24. The first kappa shape index (κ1) is 18.8. The van der Waals surface area contributed by atoms with E-state index in [0.29, 0.717) is 24.3 Å². The van der Waals surface area contributed by atoms with Gasteiger partial charge in [-0.1, -0.05) is 37.1 Å². The number of amides is 1. The topological polar surface area (TPSA) is 70.0 Å². The fourth-order valence-electron chi connectivity index (χ4n) is 4.95. The summed E-state index contributed by atoms with van der Waals surface area (Å²) in [4.78, 5) is 15.2. The average molecular weight is 381 g/mol. The SMILES string of the molecule is COc1cc([C@H]2[C@@H]3CCCC[C@]3(O)CCN2C(=O)c2ccccc2)ccc1O. The third-order valence-electron chi connectivity index (χ3n) is 6.39. The molecule has 1 heterocycles. The van der Waals surface area contributed by atoms with Gasteiger partial charge in [0.2, 0.25) is 0 Å². The predicted molar refractivity (Wildman–Crippen MR) is 106 cm³/mol. The molecular formula is C23H27NO4. The first-order chi connectivity index (χ1) is 13.5. The van der Waals surface area contributed by atoms with Crippen LogP contribution in [0.15, 0.2) is 48.5 Å². The molecule has 148 valence electrons. The average Bonchev–Trinajstić information content (AvgIpc) is 2.73. The first-order valence-corrected chi connectivity index (χ1v) is 9.99. The number of carbonyl (C=O) groups is 1. The Labute approximate surface area is 165 Å². The Balaban J connectivity index is 1.78. The smallest absolute Gasteiger partial charge is 0.254 e. The molecule has 4 rings (SSSR count). The molecule has 0 aromatic heterocycles. The highest BCUT2D eigenvalue weighted by Gasteiger charge is 2.50. The molecule has 1 saturated carbocycles. The van der Waals surface area contributed by atoms with Crippen molar-refractivity contribution in [2.45, 2.75) is 43.7 Å². The van der Waals surface area contributed by atoms with E-state index in [1.54, 1.807) is 12.1 Å². The lowest BCUT2D eigenvalue weighted by Crippen LogP contribution is -2.56. The van der Waals surface area contributed by atoms with E-state index in [0.717, 1.165) is 31.2 Å². The molecule has 1 aliphatic carbocycles. The van der Waals surface area contributed by atoms with Gasteiger partial charge in [0.25, 0.3) is 5.91 Å². The van der Waals surface area contributed by atoms with Gasteiger partial charge in [-0.15, -0.1) is 0 Å². The summed E-state index contributed by atoms with van der Waals surface area (Å²) in [6, 6.07) is 14.3. The highest BCUT2D eigenvalue weighted by molar-refractivity contribution is 5.94. The van der Waals surface area contributed by atoms with E-state index in [1.807, 2.05) is 41.3 Å². The number of hydrogen-bond acceptors (Lipinski definition) is 4. The summed E-state index contributed by atoms with van der Waals surface area (Å²) in [5, 5.41) is 21.4. The number of likely N-dealkylation sites (tertiary alicyclic amines) is 1. The van der Waals surface area contributed by atoms with Crippen LogP contribution in [0.1, 0.15) is 54.1 Å². The molecule has 2 aromatic carbocycles. The zero-order chi connectivity index (χ0) is 19.7. The Bertz CT molecular complexity index is 853. The van der Waals surface area contributed by atoms with Crippen LogP contribution in [0.5, 0.6) is 11.5 Å². The summed E-state index contributed by atoms with van der Waals surface area (Å²) in [7, 11) is 1.52. The standard InChI is InChI=1S/C23H27NO4/c1-28-20-15-17(10-11-19(20)25)21-18-9-5-6-12-23(18,27)13-14-24(21)22(26)16-7-3-2-4-8-16/h2-4,7-8,10-11,15,18,21,25,27H,5-6,9,12-14H2,1H3/t18-,21-,23-/m0/s1. The van der Waals surface area contributed by atoms with Crippen molar-refractivity contribution in [3.63, 3.8) is 0 Å². The summed E-state index contributed by atoms with van der Waals surface area (Å²) in [5.74, 6) is 0.401. The largest absolute Gasteiger partial charge is 0.504 e. The van der Waals surface area contributed by atoms with Gasteiger partial charge in [0.15, 0.2) is 11.5 Å². The number of fused-ring (bicyclic) bond motifs is 1. The van der Waals surface area contributed by atoms with Gasteiger partial charge >= 0.3 is 0 Å². The molecule has 1 saturated heterocycles. The summed E-state index contributed by atoms with van der Waals surface area (Å²) < 4.78 is 5.30. The van der Waals surface area contributed by atoms with E-state index in [4.69, 9.17) is 4.74 Å². The van der Waals surface area contributed by atoms with Gasteiger partial charge in [0, 0.05) is 18.0 Å². The third-order valence-corrected chi connectivity index (χ3v) is 6.39. The molecule has 28 heavy (non-hydrogen) atoms. The van der Waals surface area contributed by atoms with E-state index in [-0.39, 0.29) is 23.6 Å². The summed E-state index contributed by atoms with van der Waals surface area (Å²) in [6.07, 6.45) is 4.32. The summed E-state index contributed by atoms with van der Waals surface area (Å²) in [6.45, 7) is 0.509. The molecule has 3 atom stereocenters. The number of ether oxygens (including phenoxy) is 1. The number of aromatic hydroxyl groups is 1. The van der Waals surface area contributed by atoms with Crippen molar-refractivity contribution in [2.75, 3.05) is 13.7 Å². The highest BCUT2D eigenvalue weighted by atomic mass is 16.5. The van der Waals surface area contributed by atoms with Crippen LogP contribution in [0.25, 0.3) is 0 Å². The van der Waals surface area contributed by atoms with Crippen LogP contribution < -0.4 is 4.74 Å². The van der Waals surface area contributed by atoms with E-state index < -0.39 is 5.60 Å². The van der Waals surface area contributed by atoms with Crippen molar-refractivity contribution in [1.82, 2.24) is 4.90 Å². The number of hydrogen-bond donors (Lipinski definition) is 2. The number of carbonyl (C=O) groups excluding carboxylic acids is 1. The summed E-state index contributed by atoms with van der Waals surface area (Å²) in [5.41, 5.74) is 0.796. The number of benzene rings is 2. The van der Waals surface area contributed by atoms with Crippen molar-refractivity contribution in [3.05, 3.63) is 59.7 Å². The van der Waals surface area contributed by atoms with Crippen LogP contribution in [0.3, 0.4) is 0 Å². The summed E-state index contributed by atoms with van der Waals surface area (Å²) >= 11 is 0. The monoisotopic (exact) mass is 381 g/mol. The van der Waals surface area contributed by atoms with Gasteiger partial charge in [-0.25, -0.2) is 0 Å². The van der Waals surface area contributed by atoms with Crippen LogP contribution in [0.2, 0.25) is 0 Å². The molecule has 0 unspecified atom stereocenters. The second kappa shape index (κ2) is 7.47. The molecule has 1 aliphatic heterocycles. The second-order valence-electron chi connectivity index (χ2n) is 7.95. The first-order valence-electron chi connectivity index (χ1n) is 9.99. The van der Waals surface area contributed by atoms with E-state index in [2.05, 4.69) is 0 Å². The fourth-order valence-corrected chi connectivity index (χ4v) is 4.95. The molecule has 5 nitrogen and oxygen atoms in total. The number of phenols is 1. The maximum Gasteiger partial charge on any atom is 0.254 e. The van der Waals surface area contributed by atoms with Gasteiger partial charge in [0.05, 0.1) is 18.8 Å². The lowest BCUT2D eigenvalue weighted by Gasteiger charge is -2.52. The van der Waals surface area contributed by atoms with Crippen molar-refractivity contribution in [2.24, 2.45) is 5.92 Å². The minimum Gasteiger partial charge on any atom is -0.504 e. The minimum atomic E-state index is -0.749. The quantitative estimate of drug-likeness (QED) is 0.846. The molecule has 0 bridgehead atoms. The van der Waals surface area contributed by atoms with Crippen LogP contribution in [-0.2, 0) is 0 Å². The Morgan fingerprint density at radius 2 is 1.93 bits per heavy atom. The molecule has 2 N–H and O–H groups in total. The van der Waals surface area contributed by atoms with Gasteiger partial charge in [0.1, 0.15) is 0 Å². The van der Waals surface area contributed by atoms with Gasteiger partial charge in [-0.05, 0) is 49.1 Å². The van der Waals surface area contributed by atoms with Crippen LogP contribution in [-0.4, -0.2) is 40.3 Å². The van der Waals surface area contributed by atoms with Crippen molar-refractivity contribution >= 4 is 5.91 Å². The van der Waals surface area contributed by atoms with E-state index in [9.17, 15) is 15.0 Å². The molecule has 2 fully saturated rings. The Morgan fingerprint density at radius 3 is 2.68 bits per heavy atom. The predicted octanol–water partition coefficient (Wildman–Crippen LogP) is 3.91. The maximum absolute atomic E-state index is 13.3. The van der Waals surface area contributed by atoms with E-state index in [1.165, 1.54) is 7.11 Å². The Hall–Kier alpha value is -2.53. The van der Waals surface area contributed by atoms with Crippen molar-refractivity contribution < 1.29 is 19.7 Å². The molecule has 0 spiro atoms. The molecule has 2 aliphatic rings. The molecular weight excluding hydrogens is 354 g/mol. The van der Waals surface area contributed by atoms with Crippen molar-refractivity contribution in [3.8, 4) is 11.5 Å². The molecule has 2 aromatic rings. The number of rotatable bonds is 3. The number of aliphatic hydroxyl groups is 1. The second-order valence-corrected chi connectivity index (χ2v) is 7.95. The van der Waals surface area contributed by atoms with Crippen molar-refractivity contribution in [1.29, 1.82) is 0 Å². The van der Waals surface area contributed by atoms with Crippen LogP contribution in [0.4, 0.5) is 0 Å².